The molecule has 0 unspecified atom stereocenters. The molecule has 0 aliphatic heterocycles. The second-order valence-corrected chi connectivity index (χ2v) is 30.4. The van der Waals surface area contributed by atoms with Crippen LogP contribution in [-0.2, 0) is 39.2 Å². The Kier molecular flexibility index (Phi) is 14.7. The number of ether oxygens (including phenoxy) is 3. The predicted molar refractivity (Wildman–Crippen MR) is 233 cm³/mol. The van der Waals surface area contributed by atoms with Crippen molar-refractivity contribution >= 4 is 71.3 Å². The van der Waals surface area contributed by atoms with Crippen LogP contribution < -0.4 is 14.4 Å². The van der Waals surface area contributed by atoms with Crippen molar-refractivity contribution in [2.75, 3.05) is 36.7 Å². The molecule has 0 aliphatic carbocycles. The quantitative estimate of drug-likeness (QED) is 0.0284. The van der Waals surface area contributed by atoms with Gasteiger partial charge in [0.15, 0.2) is 29.8 Å². The molecule has 1 N–H and O–H groups in total. The molecule has 0 saturated heterocycles. The highest BCUT2D eigenvalue weighted by Gasteiger charge is 2.32. The van der Waals surface area contributed by atoms with E-state index in [4.69, 9.17) is 14.2 Å². The number of nitrogens with one attached hydrogen (secondary N) is 1. The summed E-state index contributed by atoms with van der Waals surface area (Å²) in [5.74, 6) is -1.31. The van der Waals surface area contributed by atoms with Crippen molar-refractivity contribution in [1.29, 1.82) is 0 Å². The van der Waals surface area contributed by atoms with E-state index >= 15 is 4.39 Å². The van der Waals surface area contributed by atoms with Crippen LogP contribution in [-0.4, -0.2) is 77.5 Å². The first-order chi connectivity index (χ1) is 27.1. The lowest BCUT2D eigenvalue weighted by Crippen LogP contribution is -2.27. The molecule has 314 valence electrons. The van der Waals surface area contributed by atoms with Gasteiger partial charge in [0.25, 0.3) is 10.0 Å². The Labute approximate surface area is 352 Å². The van der Waals surface area contributed by atoms with Crippen LogP contribution in [0.5, 0.6) is 5.75 Å². The van der Waals surface area contributed by atoms with Crippen LogP contribution in [0.15, 0.2) is 71.6 Å². The third-order valence-corrected chi connectivity index (χ3v) is 15.0. The summed E-state index contributed by atoms with van der Waals surface area (Å²) in [6.45, 7) is 13.8. The van der Waals surface area contributed by atoms with E-state index in [9.17, 15) is 21.6 Å². The van der Waals surface area contributed by atoms with Crippen LogP contribution in [0, 0.1) is 9.52 Å². The molecule has 3 aromatic carbocycles. The molecule has 0 aliphatic rings. The molecule has 0 spiro atoms. The van der Waals surface area contributed by atoms with Crippen molar-refractivity contribution in [3.8, 4) is 17.1 Å². The Morgan fingerprint density at radius 2 is 1.52 bits per heavy atom. The van der Waals surface area contributed by atoms with Crippen molar-refractivity contribution in [3.63, 3.8) is 0 Å². The van der Waals surface area contributed by atoms with Gasteiger partial charge in [-0.1, -0.05) is 75.7 Å². The zero-order valence-electron chi connectivity index (χ0n) is 33.6. The number of sulfonamides is 1. The van der Waals surface area contributed by atoms with Gasteiger partial charge in [-0.3, -0.25) is 4.31 Å². The molecule has 0 fully saturated rings. The standard InChI is InChI=1S/C39H49F4IN6O5SSi2/c1-49(56(51,52)29-14-9-8-10-15-29)32-16-12-11-13-27(32)24-45-37-34-35(44)48-50(25-53-17-19-57(2,3)4)38(34)47-36(46-37)30-22-31(40)33(21-28(30)23-39(41,42)43)55-26-54-18-20-58(5,6)7/h8-16,21-22H,17-20,23-26H2,1-7H3,(H,45,46,47). The zero-order chi connectivity index (χ0) is 42.5. The molecule has 0 radical (unpaired) electrons. The van der Waals surface area contributed by atoms with Crippen LogP contribution in [0.3, 0.4) is 0 Å². The van der Waals surface area contributed by atoms with Crippen molar-refractivity contribution in [2.24, 2.45) is 0 Å². The third kappa shape index (κ3) is 12.2. The first-order valence-corrected chi connectivity index (χ1v) is 28.5. The molecule has 0 atom stereocenters. The molecule has 2 aromatic heterocycles. The maximum absolute atomic E-state index is 15.7. The second kappa shape index (κ2) is 18.7. The fraction of sp³-hybridized carbons (Fsp3) is 0.410. The van der Waals surface area contributed by atoms with Gasteiger partial charge in [0.05, 0.1) is 22.4 Å². The molecule has 0 saturated carbocycles. The topological polar surface area (TPSA) is 121 Å². The highest BCUT2D eigenvalue weighted by Crippen LogP contribution is 2.36. The third-order valence-electron chi connectivity index (χ3n) is 9.02. The number of rotatable bonds is 19. The van der Waals surface area contributed by atoms with Gasteiger partial charge in [0.2, 0.25) is 0 Å². The van der Waals surface area contributed by atoms with Crippen molar-refractivity contribution in [2.45, 2.75) is 82.1 Å². The normalized spacial score (nSPS) is 12.6. The average molecular weight is 973 g/mol. The van der Waals surface area contributed by atoms with Crippen LogP contribution >= 0.6 is 22.6 Å². The number of hydrogen-bond donors (Lipinski definition) is 1. The highest BCUT2D eigenvalue weighted by molar-refractivity contribution is 14.1. The summed E-state index contributed by atoms with van der Waals surface area (Å²) in [6.07, 6.45) is -6.08. The minimum absolute atomic E-state index is 0.000894. The smallest absolute Gasteiger partial charge is 0.393 e. The van der Waals surface area contributed by atoms with E-state index in [1.165, 1.54) is 28.2 Å². The summed E-state index contributed by atoms with van der Waals surface area (Å²) >= 11 is 2.03. The summed E-state index contributed by atoms with van der Waals surface area (Å²) < 4.78 is 105. The number of benzene rings is 3. The van der Waals surface area contributed by atoms with E-state index in [0.29, 0.717) is 33.6 Å². The fourth-order valence-corrected chi connectivity index (χ4v) is 9.27. The van der Waals surface area contributed by atoms with Gasteiger partial charge in [-0.25, -0.2) is 27.5 Å². The van der Waals surface area contributed by atoms with E-state index in [-0.39, 0.29) is 53.4 Å². The van der Waals surface area contributed by atoms with E-state index in [1.54, 1.807) is 42.5 Å². The summed E-state index contributed by atoms with van der Waals surface area (Å²) in [7, 11) is -5.31. The molecule has 11 nitrogen and oxygen atoms in total. The van der Waals surface area contributed by atoms with Crippen LogP contribution in [0.25, 0.3) is 22.4 Å². The largest absolute Gasteiger partial charge is 0.464 e. The molecule has 0 amide bonds. The molecule has 0 bridgehead atoms. The fourth-order valence-electron chi connectivity index (χ4n) is 5.74. The minimum Gasteiger partial charge on any atom is -0.464 e. The van der Waals surface area contributed by atoms with Gasteiger partial charge in [-0.2, -0.15) is 18.3 Å². The zero-order valence-corrected chi connectivity index (χ0v) is 38.6. The van der Waals surface area contributed by atoms with Gasteiger partial charge >= 0.3 is 6.18 Å². The number of alkyl halides is 3. The van der Waals surface area contributed by atoms with Crippen molar-refractivity contribution in [3.05, 3.63) is 87.4 Å². The molecule has 5 rings (SSSR count). The molecular formula is C39H49F4IN6O5SSi2. The van der Waals surface area contributed by atoms with Crippen LogP contribution in [0.4, 0.5) is 29.1 Å². The van der Waals surface area contributed by atoms with Gasteiger partial charge in [0.1, 0.15) is 16.2 Å². The molecular weight excluding hydrogens is 924 g/mol. The maximum atomic E-state index is 15.7. The number of nitrogens with zero attached hydrogens (tertiary/aromatic N) is 5. The number of hydrogen-bond acceptors (Lipinski definition) is 9. The summed E-state index contributed by atoms with van der Waals surface area (Å²) in [5, 5.41) is 8.36. The Morgan fingerprint density at radius 1 is 0.879 bits per heavy atom. The van der Waals surface area contributed by atoms with Gasteiger partial charge in [-0.15, -0.1) is 0 Å². The van der Waals surface area contributed by atoms with Crippen LogP contribution in [0.2, 0.25) is 51.4 Å². The SMILES string of the molecule is CN(c1ccccc1CNc1nc(-c2cc(F)c(OCOCC[Si](C)(C)C)cc2CC(F)(F)F)nc2c1c(I)nn2COCC[Si](C)(C)C)S(=O)(=O)c1ccccc1. The Balaban J connectivity index is 1.56. The van der Waals surface area contributed by atoms with Crippen LogP contribution in [0.1, 0.15) is 11.1 Å². The number of fused-ring (bicyclic) bond motifs is 1. The highest BCUT2D eigenvalue weighted by atomic mass is 127. The van der Waals surface area contributed by atoms with Crippen molar-refractivity contribution < 1.29 is 40.2 Å². The Morgan fingerprint density at radius 3 is 2.17 bits per heavy atom. The van der Waals surface area contributed by atoms with E-state index in [1.807, 2.05) is 22.6 Å². The molecule has 2 heterocycles. The van der Waals surface area contributed by atoms with E-state index in [0.717, 1.165) is 24.2 Å². The lowest BCUT2D eigenvalue weighted by molar-refractivity contribution is -0.127. The number of aromatic nitrogens is 4. The number of para-hydroxylation sites is 1. The van der Waals surface area contributed by atoms with Crippen molar-refractivity contribution in [1.82, 2.24) is 19.7 Å². The summed E-state index contributed by atoms with van der Waals surface area (Å²) in [5.41, 5.74) is 0.716. The Bertz CT molecular complexity index is 2310. The first-order valence-electron chi connectivity index (χ1n) is 18.6. The van der Waals surface area contributed by atoms with E-state index in [2.05, 4.69) is 59.7 Å². The number of halogens is 5. The lowest BCUT2D eigenvalue weighted by Gasteiger charge is -2.23. The van der Waals surface area contributed by atoms with Gasteiger partial charge in [0, 0.05) is 48.5 Å². The summed E-state index contributed by atoms with van der Waals surface area (Å²) in [6, 6.07) is 18.6. The molecule has 58 heavy (non-hydrogen) atoms. The summed E-state index contributed by atoms with van der Waals surface area (Å²) in [4.78, 5) is 9.48. The predicted octanol–water partition coefficient (Wildman–Crippen LogP) is 9.78. The Hall–Kier alpha value is -3.64. The first kappa shape index (κ1) is 45.4. The average Bonchev–Trinajstić information content (AvgIpc) is 3.46. The van der Waals surface area contributed by atoms with E-state index < -0.39 is 50.3 Å². The number of anilines is 2. The lowest BCUT2D eigenvalue weighted by atomic mass is 10.0. The molecule has 19 heteroatoms. The monoisotopic (exact) mass is 972 g/mol. The molecule has 5 aromatic rings. The second-order valence-electron chi connectivity index (χ2n) is 16.2. The van der Waals surface area contributed by atoms with Gasteiger partial charge < -0.3 is 19.5 Å². The minimum atomic E-state index is -4.67. The maximum Gasteiger partial charge on any atom is 0.393 e. The van der Waals surface area contributed by atoms with Gasteiger partial charge in [-0.05, 0) is 76.1 Å².